The number of nitrogens with one attached hydrogen (secondary N) is 1. The molecule has 0 aliphatic carbocycles. The second-order valence-corrected chi connectivity index (χ2v) is 6.85. The molecule has 2 rings (SSSR count). The van der Waals surface area contributed by atoms with Crippen LogP contribution in [-0.2, 0) is 15.0 Å². The second-order valence-electron chi connectivity index (χ2n) is 6.85. The molecule has 0 atom stereocenters. The highest BCUT2D eigenvalue weighted by Gasteiger charge is 2.21. The molecule has 0 spiro atoms. The van der Waals surface area contributed by atoms with Gasteiger partial charge in [0.1, 0.15) is 5.82 Å². The van der Waals surface area contributed by atoms with E-state index >= 15 is 0 Å². The number of aromatic nitrogens is 2. The summed E-state index contributed by atoms with van der Waals surface area (Å²) in [7, 11) is 0. The predicted molar refractivity (Wildman–Crippen MR) is 92.5 cm³/mol. The molecule has 0 unspecified atom stereocenters. The lowest BCUT2D eigenvalue weighted by atomic mass is 9.92. The maximum atomic E-state index is 12.0. The van der Waals surface area contributed by atoms with Crippen molar-refractivity contribution in [2.24, 2.45) is 0 Å². The van der Waals surface area contributed by atoms with Gasteiger partial charge in [0, 0.05) is 17.9 Å². The normalized spacial score (nSPS) is 11.3. The largest absolute Gasteiger partial charge is 0.481 e. The third kappa shape index (κ3) is 4.44. The van der Waals surface area contributed by atoms with Crippen molar-refractivity contribution < 1.29 is 14.7 Å². The number of hydrogen-bond donors (Lipinski definition) is 2. The zero-order valence-corrected chi connectivity index (χ0v) is 14.5. The number of anilines is 1. The van der Waals surface area contributed by atoms with Crippen molar-refractivity contribution in [2.45, 2.75) is 46.0 Å². The first-order chi connectivity index (χ1) is 11.2. The number of rotatable bonds is 5. The number of carbonyl (C=O) groups is 2. The molecule has 0 aliphatic rings. The predicted octanol–water partition coefficient (Wildman–Crippen LogP) is 3.28. The summed E-state index contributed by atoms with van der Waals surface area (Å²) in [4.78, 5) is 22.6. The topological polar surface area (TPSA) is 84.2 Å². The van der Waals surface area contributed by atoms with Gasteiger partial charge in [-0.25, -0.2) is 4.68 Å². The van der Waals surface area contributed by atoms with E-state index in [0.29, 0.717) is 5.82 Å². The Balaban J connectivity index is 2.34. The average molecular weight is 329 g/mol. The van der Waals surface area contributed by atoms with Crippen molar-refractivity contribution in [3.05, 3.63) is 41.6 Å². The van der Waals surface area contributed by atoms with Crippen molar-refractivity contribution in [3.63, 3.8) is 0 Å². The average Bonchev–Trinajstić information content (AvgIpc) is 2.90. The van der Waals surface area contributed by atoms with Gasteiger partial charge in [0.2, 0.25) is 5.91 Å². The van der Waals surface area contributed by atoms with Gasteiger partial charge in [0.05, 0.1) is 17.8 Å². The van der Waals surface area contributed by atoms with Crippen LogP contribution in [0.15, 0.2) is 30.3 Å². The summed E-state index contributed by atoms with van der Waals surface area (Å²) >= 11 is 0. The van der Waals surface area contributed by atoms with E-state index in [-0.39, 0.29) is 24.2 Å². The molecule has 1 amide bonds. The number of carboxylic acid groups (broad SMARTS) is 1. The minimum Gasteiger partial charge on any atom is -0.481 e. The van der Waals surface area contributed by atoms with E-state index in [9.17, 15) is 9.59 Å². The van der Waals surface area contributed by atoms with Gasteiger partial charge in [-0.1, -0.05) is 38.5 Å². The van der Waals surface area contributed by atoms with Crippen LogP contribution in [0.5, 0.6) is 0 Å². The van der Waals surface area contributed by atoms with Gasteiger partial charge < -0.3 is 10.4 Å². The van der Waals surface area contributed by atoms with E-state index < -0.39 is 5.97 Å². The van der Waals surface area contributed by atoms with E-state index in [0.717, 1.165) is 16.9 Å². The first kappa shape index (κ1) is 17.7. The lowest BCUT2D eigenvalue weighted by Gasteiger charge is -2.14. The third-order valence-corrected chi connectivity index (χ3v) is 3.59. The van der Waals surface area contributed by atoms with Crippen LogP contribution in [0, 0.1) is 6.92 Å². The molecule has 0 saturated heterocycles. The summed E-state index contributed by atoms with van der Waals surface area (Å²) in [5.41, 5.74) is 2.64. The van der Waals surface area contributed by atoms with E-state index in [1.54, 1.807) is 4.68 Å². The van der Waals surface area contributed by atoms with Gasteiger partial charge in [-0.2, -0.15) is 5.10 Å². The standard InChI is InChI=1S/C18H23N3O3/c1-12-5-7-13(8-6-12)21-15(11-14(20-21)18(2,3)4)19-16(22)9-10-17(23)24/h5-8,11H,9-10H2,1-4H3,(H,19,22)(H,23,24). The number of benzene rings is 1. The van der Waals surface area contributed by atoms with Crippen LogP contribution in [0.3, 0.4) is 0 Å². The van der Waals surface area contributed by atoms with Crippen molar-refractivity contribution >= 4 is 17.7 Å². The number of hydrogen-bond acceptors (Lipinski definition) is 3. The molecule has 0 saturated carbocycles. The van der Waals surface area contributed by atoms with Gasteiger partial charge in [0.15, 0.2) is 0 Å². The minimum atomic E-state index is -0.993. The molecule has 1 heterocycles. The maximum absolute atomic E-state index is 12.0. The number of amides is 1. The quantitative estimate of drug-likeness (QED) is 0.881. The number of nitrogens with zero attached hydrogens (tertiary/aromatic N) is 2. The van der Waals surface area contributed by atoms with E-state index in [2.05, 4.69) is 10.4 Å². The molecule has 1 aromatic carbocycles. The van der Waals surface area contributed by atoms with Crippen molar-refractivity contribution in [3.8, 4) is 5.69 Å². The van der Waals surface area contributed by atoms with Gasteiger partial charge >= 0.3 is 5.97 Å². The summed E-state index contributed by atoms with van der Waals surface area (Å²) in [5, 5.41) is 16.1. The molecule has 2 N–H and O–H groups in total. The number of carbonyl (C=O) groups excluding carboxylic acids is 1. The Morgan fingerprint density at radius 2 is 1.79 bits per heavy atom. The minimum absolute atomic E-state index is 0.0702. The molecule has 0 fully saturated rings. The fourth-order valence-corrected chi connectivity index (χ4v) is 2.15. The van der Waals surface area contributed by atoms with Crippen LogP contribution in [-0.4, -0.2) is 26.8 Å². The Morgan fingerprint density at radius 1 is 1.17 bits per heavy atom. The van der Waals surface area contributed by atoms with Crippen LogP contribution < -0.4 is 5.32 Å². The van der Waals surface area contributed by atoms with E-state index in [4.69, 9.17) is 5.11 Å². The molecule has 6 nitrogen and oxygen atoms in total. The third-order valence-electron chi connectivity index (χ3n) is 3.59. The highest BCUT2D eigenvalue weighted by Crippen LogP contribution is 2.26. The van der Waals surface area contributed by atoms with Crippen LogP contribution in [0.25, 0.3) is 5.69 Å². The van der Waals surface area contributed by atoms with Crippen LogP contribution in [0.1, 0.15) is 44.9 Å². The highest BCUT2D eigenvalue weighted by atomic mass is 16.4. The van der Waals surface area contributed by atoms with Gasteiger partial charge in [-0.3, -0.25) is 9.59 Å². The summed E-state index contributed by atoms with van der Waals surface area (Å²) in [6.45, 7) is 8.14. The summed E-state index contributed by atoms with van der Waals surface area (Å²) in [6, 6.07) is 9.65. The molecule has 6 heteroatoms. The zero-order chi connectivity index (χ0) is 17.9. The Bertz CT molecular complexity index is 740. The molecule has 2 aromatic rings. The highest BCUT2D eigenvalue weighted by molar-refractivity contribution is 5.92. The van der Waals surface area contributed by atoms with Crippen LogP contribution >= 0.6 is 0 Å². The summed E-state index contributed by atoms with van der Waals surface area (Å²) in [6.07, 6.45) is -0.268. The lowest BCUT2D eigenvalue weighted by Crippen LogP contribution is -2.16. The maximum Gasteiger partial charge on any atom is 0.303 e. The lowest BCUT2D eigenvalue weighted by molar-refractivity contribution is -0.138. The Morgan fingerprint density at radius 3 is 2.33 bits per heavy atom. The molecule has 24 heavy (non-hydrogen) atoms. The Kier molecular flexibility index (Phi) is 5.07. The fraction of sp³-hybridized carbons (Fsp3) is 0.389. The SMILES string of the molecule is Cc1ccc(-n2nc(C(C)(C)C)cc2NC(=O)CCC(=O)O)cc1. The van der Waals surface area contributed by atoms with E-state index in [1.165, 1.54) is 0 Å². The second kappa shape index (κ2) is 6.86. The molecule has 128 valence electrons. The summed E-state index contributed by atoms with van der Waals surface area (Å²) < 4.78 is 1.68. The van der Waals surface area contributed by atoms with Gasteiger partial charge in [0.25, 0.3) is 0 Å². The molecule has 0 radical (unpaired) electrons. The first-order valence-electron chi connectivity index (χ1n) is 7.86. The van der Waals surface area contributed by atoms with Crippen molar-refractivity contribution in [1.29, 1.82) is 0 Å². The number of carboxylic acids is 1. The van der Waals surface area contributed by atoms with E-state index in [1.807, 2.05) is 58.0 Å². The van der Waals surface area contributed by atoms with Gasteiger partial charge in [-0.05, 0) is 19.1 Å². The smallest absolute Gasteiger partial charge is 0.303 e. The van der Waals surface area contributed by atoms with Gasteiger partial charge in [-0.15, -0.1) is 0 Å². The first-order valence-corrected chi connectivity index (χ1v) is 7.86. The number of aryl methyl sites for hydroxylation is 1. The van der Waals surface area contributed by atoms with Crippen molar-refractivity contribution in [2.75, 3.05) is 5.32 Å². The molecule has 0 bridgehead atoms. The van der Waals surface area contributed by atoms with Crippen LogP contribution in [0.4, 0.5) is 5.82 Å². The Labute approximate surface area is 141 Å². The molecular weight excluding hydrogens is 306 g/mol. The number of aliphatic carboxylic acids is 1. The van der Waals surface area contributed by atoms with Crippen molar-refractivity contribution in [1.82, 2.24) is 9.78 Å². The molecule has 0 aliphatic heterocycles. The van der Waals surface area contributed by atoms with Crippen LogP contribution in [0.2, 0.25) is 0 Å². The molecule has 1 aromatic heterocycles. The fourth-order valence-electron chi connectivity index (χ4n) is 2.15. The molecular formula is C18H23N3O3. The Hall–Kier alpha value is -2.63. The summed E-state index contributed by atoms with van der Waals surface area (Å²) in [5.74, 6) is -0.794. The zero-order valence-electron chi connectivity index (χ0n) is 14.5. The monoisotopic (exact) mass is 329 g/mol.